The third-order valence-corrected chi connectivity index (χ3v) is 2.71. The highest BCUT2D eigenvalue weighted by atomic mass is 19.1. The van der Waals surface area contributed by atoms with Crippen LogP contribution in [0.3, 0.4) is 0 Å². The molecule has 2 rings (SSSR count). The van der Waals surface area contributed by atoms with Gasteiger partial charge in [-0.25, -0.2) is 8.78 Å². The normalized spacial score (nSPS) is 10.2. The number of aldehydes is 1. The van der Waals surface area contributed by atoms with Gasteiger partial charge in [0.15, 0.2) is 17.9 Å². The van der Waals surface area contributed by atoms with Gasteiger partial charge in [-0.2, -0.15) is 0 Å². The van der Waals surface area contributed by atoms with Gasteiger partial charge in [-0.15, -0.1) is 0 Å². The van der Waals surface area contributed by atoms with Gasteiger partial charge in [0.25, 0.3) is 0 Å². The fourth-order valence-electron chi connectivity index (χ4n) is 1.70. The molecule has 0 radical (unpaired) electrons. The van der Waals surface area contributed by atoms with Gasteiger partial charge in [-0.05, 0) is 35.9 Å². The summed E-state index contributed by atoms with van der Waals surface area (Å²) in [5, 5.41) is 0. The molecule has 0 heterocycles. The summed E-state index contributed by atoms with van der Waals surface area (Å²) in [6.45, 7) is 0.0629. The zero-order valence-electron chi connectivity index (χ0n) is 10.7. The lowest BCUT2D eigenvalue weighted by atomic mass is 10.2. The summed E-state index contributed by atoms with van der Waals surface area (Å²) in [6, 6.07) is 8.04. The lowest BCUT2D eigenvalue weighted by Gasteiger charge is -2.09. The standard InChI is InChI=1S/C15H12F2O3/c1-19-15-4-2-10(6-13(15)17)9-20-14-5-3-12(16)7-11(14)8-18/h2-8H,9H2,1H3. The van der Waals surface area contributed by atoms with Gasteiger partial charge in [-0.1, -0.05) is 6.07 Å². The molecule has 2 aromatic carbocycles. The molecule has 0 aliphatic heterocycles. The second-order valence-electron chi connectivity index (χ2n) is 4.06. The van der Waals surface area contributed by atoms with Crippen molar-refractivity contribution in [2.45, 2.75) is 6.61 Å². The van der Waals surface area contributed by atoms with Crippen LogP contribution in [0, 0.1) is 11.6 Å². The molecule has 104 valence electrons. The summed E-state index contributed by atoms with van der Waals surface area (Å²) in [5.41, 5.74) is 0.684. The first-order valence-electron chi connectivity index (χ1n) is 5.84. The third-order valence-electron chi connectivity index (χ3n) is 2.71. The third kappa shape index (κ3) is 3.12. The quantitative estimate of drug-likeness (QED) is 0.787. The van der Waals surface area contributed by atoms with Crippen molar-refractivity contribution in [1.82, 2.24) is 0 Å². The highest BCUT2D eigenvalue weighted by Gasteiger charge is 2.07. The molecule has 0 aliphatic rings. The van der Waals surface area contributed by atoms with Gasteiger partial charge >= 0.3 is 0 Å². The summed E-state index contributed by atoms with van der Waals surface area (Å²) in [4.78, 5) is 10.8. The fraction of sp³-hybridized carbons (Fsp3) is 0.133. The van der Waals surface area contributed by atoms with Gasteiger partial charge in [0.05, 0.1) is 12.7 Å². The van der Waals surface area contributed by atoms with Crippen molar-refractivity contribution < 1.29 is 23.0 Å². The van der Waals surface area contributed by atoms with Crippen LogP contribution in [0.25, 0.3) is 0 Å². The lowest BCUT2D eigenvalue weighted by Crippen LogP contribution is -2.00. The first-order chi connectivity index (χ1) is 9.63. The van der Waals surface area contributed by atoms with Crippen LogP contribution in [-0.2, 0) is 6.61 Å². The van der Waals surface area contributed by atoms with Gasteiger partial charge in [0.2, 0.25) is 0 Å². The number of methoxy groups -OCH3 is 1. The Labute approximate surface area is 114 Å². The molecule has 3 nitrogen and oxygen atoms in total. The molecule has 0 unspecified atom stereocenters. The van der Waals surface area contributed by atoms with Gasteiger partial charge in [0, 0.05) is 0 Å². The van der Waals surface area contributed by atoms with Crippen LogP contribution in [-0.4, -0.2) is 13.4 Å². The summed E-state index contributed by atoms with van der Waals surface area (Å²) in [6.07, 6.45) is 0.507. The van der Waals surface area contributed by atoms with E-state index in [0.717, 1.165) is 6.07 Å². The van der Waals surface area contributed by atoms with Crippen LogP contribution in [0.15, 0.2) is 36.4 Å². The maximum absolute atomic E-state index is 13.5. The van der Waals surface area contributed by atoms with Crippen molar-refractivity contribution in [1.29, 1.82) is 0 Å². The maximum Gasteiger partial charge on any atom is 0.165 e. The first-order valence-corrected chi connectivity index (χ1v) is 5.84. The molecule has 0 saturated carbocycles. The fourth-order valence-corrected chi connectivity index (χ4v) is 1.70. The highest BCUT2D eigenvalue weighted by molar-refractivity contribution is 5.79. The Morgan fingerprint density at radius 2 is 1.85 bits per heavy atom. The molecule has 0 saturated heterocycles. The van der Waals surface area contributed by atoms with Crippen molar-refractivity contribution >= 4 is 6.29 Å². The number of ether oxygens (including phenoxy) is 2. The largest absolute Gasteiger partial charge is 0.494 e. The Kier molecular flexibility index (Phi) is 4.30. The average Bonchev–Trinajstić information content (AvgIpc) is 2.46. The minimum atomic E-state index is -0.519. The number of halogens is 2. The van der Waals surface area contributed by atoms with Gasteiger partial charge < -0.3 is 9.47 Å². The Hall–Kier alpha value is -2.43. The molecule has 0 aliphatic carbocycles. The number of rotatable bonds is 5. The Bertz CT molecular complexity index is 627. The molecule has 20 heavy (non-hydrogen) atoms. The molecule has 0 N–H and O–H groups in total. The first kappa shape index (κ1) is 14.0. The van der Waals surface area contributed by atoms with E-state index in [9.17, 15) is 13.6 Å². The van der Waals surface area contributed by atoms with Crippen LogP contribution in [0.1, 0.15) is 15.9 Å². The number of hydrogen-bond acceptors (Lipinski definition) is 3. The van der Waals surface area contributed by atoms with Gasteiger partial charge in [-0.3, -0.25) is 4.79 Å². The van der Waals surface area contributed by atoms with Crippen molar-refractivity contribution in [2.24, 2.45) is 0 Å². The summed E-state index contributed by atoms with van der Waals surface area (Å²) in [7, 11) is 1.38. The molecule has 0 atom stereocenters. The van der Waals surface area contributed by atoms with E-state index in [-0.39, 0.29) is 23.7 Å². The maximum atomic E-state index is 13.5. The Morgan fingerprint density at radius 3 is 2.50 bits per heavy atom. The van der Waals surface area contributed by atoms with E-state index >= 15 is 0 Å². The number of hydrogen-bond donors (Lipinski definition) is 0. The van der Waals surface area contributed by atoms with E-state index in [0.29, 0.717) is 11.8 Å². The van der Waals surface area contributed by atoms with E-state index in [1.807, 2.05) is 0 Å². The molecule has 0 fully saturated rings. The smallest absolute Gasteiger partial charge is 0.165 e. The van der Waals surface area contributed by atoms with Crippen LogP contribution < -0.4 is 9.47 Å². The number of carbonyl (C=O) groups excluding carboxylic acids is 1. The molecule has 0 aromatic heterocycles. The van der Waals surface area contributed by atoms with E-state index < -0.39 is 11.6 Å². The SMILES string of the molecule is COc1ccc(COc2ccc(F)cc2C=O)cc1F. The minimum absolute atomic E-state index is 0.0629. The topological polar surface area (TPSA) is 35.5 Å². The zero-order valence-corrected chi connectivity index (χ0v) is 10.7. The highest BCUT2D eigenvalue weighted by Crippen LogP contribution is 2.21. The molecule has 0 amide bonds. The molecule has 0 spiro atoms. The summed E-state index contributed by atoms with van der Waals surface area (Å²) < 4.78 is 36.6. The molecular weight excluding hydrogens is 266 g/mol. The monoisotopic (exact) mass is 278 g/mol. The number of carbonyl (C=O) groups is 1. The summed E-state index contributed by atoms with van der Waals surface area (Å²) in [5.74, 6) is -0.625. The number of benzene rings is 2. The molecule has 2 aromatic rings. The Morgan fingerprint density at radius 1 is 1.10 bits per heavy atom. The van der Waals surface area contributed by atoms with Crippen LogP contribution in [0.4, 0.5) is 8.78 Å². The second-order valence-corrected chi connectivity index (χ2v) is 4.06. The molecule has 0 bridgehead atoms. The van der Waals surface area contributed by atoms with Crippen LogP contribution >= 0.6 is 0 Å². The average molecular weight is 278 g/mol. The van der Waals surface area contributed by atoms with E-state index in [2.05, 4.69) is 0 Å². The summed E-state index contributed by atoms with van der Waals surface area (Å²) >= 11 is 0. The zero-order chi connectivity index (χ0) is 14.5. The van der Waals surface area contributed by atoms with Crippen molar-refractivity contribution in [3.05, 3.63) is 59.2 Å². The molecular formula is C15H12F2O3. The van der Waals surface area contributed by atoms with Gasteiger partial charge in [0.1, 0.15) is 18.2 Å². The van der Waals surface area contributed by atoms with Crippen LogP contribution in [0.5, 0.6) is 11.5 Å². The van der Waals surface area contributed by atoms with E-state index in [1.165, 1.54) is 31.4 Å². The Balaban J connectivity index is 2.12. The molecule has 5 heteroatoms. The second kappa shape index (κ2) is 6.14. The minimum Gasteiger partial charge on any atom is -0.494 e. The van der Waals surface area contributed by atoms with Crippen molar-refractivity contribution in [2.75, 3.05) is 7.11 Å². The van der Waals surface area contributed by atoms with Crippen LogP contribution in [0.2, 0.25) is 0 Å². The van der Waals surface area contributed by atoms with Crippen molar-refractivity contribution in [3.63, 3.8) is 0 Å². The van der Waals surface area contributed by atoms with Crippen molar-refractivity contribution in [3.8, 4) is 11.5 Å². The lowest BCUT2D eigenvalue weighted by molar-refractivity contribution is 0.111. The van der Waals surface area contributed by atoms with E-state index in [4.69, 9.17) is 9.47 Å². The van der Waals surface area contributed by atoms with E-state index in [1.54, 1.807) is 6.07 Å². The predicted molar refractivity (Wildman–Crippen MR) is 69.1 cm³/mol. The predicted octanol–water partition coefficient (Wildman–Crippen LogP) is 3.36.